The standard InChI is InChI=1S/C17H18INO4/c1-4-22-17(21)15-10(2)16(19-11(15)3)13(20)9-23-14-8-6-5-7-12(14)18/h5-8,19H,4,9H2,1-3H3. The number of esters is 1. The third-order valence-corrected chi connectivity index (χ3v) is 4.28. The fourth-order valence-corrected chi connectivity index (χ4v) is 2.86. The number of rotatable bonds is 6. The monoisotopic (exact) mass is 427 g/mol. The largest absolute Gasteiger partial charge is 0.484 e. The number of H-pyrrole nitrogens is 1. The fourth-order valence-electron chi connectivity index (χ4n) is 2.32. The highest BCUT2D eigenvalue weighted by atomic mass is 127. The molecule has 0 fully saturated rings. The van der Waals surface area contributed by atoms with Crippen LogP contribution in [0.5, 0.6) is 5.75 Å². The molecule has 0 saturated carbocycles. The van der Waals surface area contributed by atoms with Gasteiger partial charge in [-0.15, -0.1) is 0 Å². The Morgan fingerprint density at radius 1 is 1.22 bits per heavy atom. The van der Waals surface area contributed by atoms with Crippen molar-refractivity contribution in [3.05, 3.63) is 50.4 Å². The first-order valence-electron chi connectivity index (χ1n) is 7.22. The van der Waals surface area contributed by atoms with Crippen LogP contribution in [0.1, 0.15) is 39.0 Å². The molecule has 1 N–H and O–H groups in total. The van der Waals surface area contributed by atoms with Crippen LogP contribution >= 0.6 is 22.6 Å². The van der Waals surface area contributed by atoms with Crippen LogP contribution in [0.25, 0.3) is 0 Å². The van der Waals surface area contributed by atoms with Crippen LogP contribution < -0.4 is 4.74 Å². The van der Waals surface area contributed by atoms with E-state index in [1.807, 2.05) is 24.3 Å². The molecule has 0 aliphatic carbocycles. The molecule has 2 aromatic rings. The maximum atomic E-state index is 12.4. The van der Waals surface area contributed by atoms with E-state index in [9.17, 15) is 9.59 Å². The maximum absolute atomic E-state index is 12.4. The van der Waals surface area contributed by atoms with Gasteiger partial charge in [0.05, 0.1) is 21.4 Å². The number of para-hydroxylation sites is 1. The van der Waals surface area contributed by atoms with E-state index in [0.29, 0.717) is 34.9 Å². The summed E-state index contributed by atoms with van der Waals surface area (Å²) in [5, 5.41) is 0. The number of hydrogen-bond acceptors (Lipinski definition) is 4. The molecule has 5 nitrogen and oxygen atoms in total. The van der Waals surface area contributed by atoms with E-state index in [4.69, 9.17) is 9.47 Å². The molecule has 0 bridgehead atoms. The molecule has 0 amide bonds. The summed E-state index contributed by atoms with van der Waals surface area (Å²) in [5.41, 5.74) is 2.02. The zero-order chi connectivity index (χ0) is 17.0. The number of halogens is 1. The molecule has 23 heavy (non-hydrogen) atoms. The van der Waals surface area contributed by atoms with Crippen molar-refractivity contribution in [3.63, 3.8) is 0 Å². The molecule has 1 aromatic carbocycles. The predicted molar refractivity (Wildman–Crippen MR) is 95.2 cm³/mol. The van der Waals surface area contributed by atoms with Crippen LogP contribution in [0.3, 0.4) is 0 Å². The fraction of sp³-hybridized carbons (Fsp3) is 0.294. The Morgan fingerprint density at radius 2 is 1.91 bits per heavy atom. The van der Waals surface area contributed by atoms with Crippen molar-refractivity contribution in [2.75, 3.05) is 13.2 Å². The van der Waals surface area contributed by atoms with Gasteiger partial charge in [-0.25, -0.2) is 4.79 Å². The van der Waals surface area contributed by atoms with Gasteiger partial charge in [0.15, 0.2) is 6.61 Å². The van der Waals surface area contributed by atoms with Gasteiger partial charge in [0.1, 0.15) is 5.75 Å². The summed E-state index contributed by atoms with van der Waals surface area (Å²) in [6.07, 6.45) is 0. The first kappa shape index (κ1) is 17.5. The van der Waals surface area contributed by atoms with Crippen molar-refractivity contribution in [1.29, 1.82) is 0 Å². The Hall–Kier alpha value is -1.83. The lowest BCUT2D eigenvalue weighted by atomic mass is 10.1. The van der Waals surface area contributed by atoms with E-state index in [1.165, 1.54) is 0 Å². The zero-order valence-electron chi connectivity index (χ0n) is 13.2. The van der Waals surface area contributed by atoms with E-state index in [-0.39, 0.29) is 12.4 Å². The van der Waals surface area contributed by atoms with Crippen LogP contribution in [0, 0.1) is 17.4 Å². The van der Waals surface area contributed by atoms with Gasteiger partial charge in [-0.2, -0.15) is 0 Å². The second-order valence-corrected chi connectivity index (χ2v) is 6.15. The summed E-state index contributed by atoms with van der Waals surface area (Å²) >= 11 is 2.15. The van der Waals surface area contributed by atoms with Gasteiger partial charge in [0.25, 0.3) is 0 Å². The number of hydrogen-bond donors (Lipinski definition) is 1. The van der Waals surface area contributed by atoms with Crippen LogP contribution in [0.4, 0.5) is 0 Å². The molecular formula is C17H18INO4. The lowest BCUT2D eigenvalue weighted by Crippen LogP contribution is -2.14. The molecule has 2 rings (SSSR count). The summed E-state index contributed by atoms with van der Waals surface area (Å²) in [4.78, 5) is 27.3. The van der Waals surface area contributed by atoms with Crippen molar-refractivity contribution in [3.8, 4) is 5.75 Å². The van der Waals surface area contributed by atoms with E-state index < -0.39 is 5.97 Å². The van der Waals surface area contributed by atoms with E-state index in [1.54, 1.807) is 20.8 Å². The highest BCUT2D eigenvalue weighted by Gasteiger charge is 2.23. The van der Waals surface area contributed by atoms with Gasteiger partial charge >= 0.3 is 5.97 Å². The van der Waals surface area contributed by atoms with Crippen LogP contribution in [-0.2, 0) is 4.74 Å². The smallest absolute Gasteiger partial charge is 0.340 e. The molecule has 0 aliphatic rings. The lowest BCUT2D eigenvalue weighted by Gasteiger charge is -2.07. The van der Waals surface area contributed by atoms with Gasteiger partial charge in [-0.3, -0.25) is 4.79 Å². The minimum atomic E-state index is -0.420. The molecule has 0 aliphatic heterocycles. The molecule has 1 aromatic heterocycles. The van der Waals surface area contributed by atoms with E-state index >= 15 is 0 Å². The summed E-state index contributed by atoms with van der Waals surface area (Å²) < 4.78 is 11.5. The Morgan fingerprint density at radius 3 is 2.57 bits per heavy atom. The number of aromatic nitrogens is 1. The molecule has 1 heterocycles. The molecule has 122 valence electrons. The molecule has 0 radical (unpaired) electrons. The normalized spacial score (nSPS) is 10.4. The number of nitrogens with one attached hydrogen (secondary N) is 1. The van der Waals surface area contributed by atoms with Crippen molar-refractivity contribution < 1.29 is 19.1 Å². The Labute approximate surface area is 148 Å². The zero-order valence-corrected chi connectivity index (χ0v) is 15.4. The van der Waals surface area contributed by atoms with E-state index in [0.717, 1.165) is 3.57 Å². The minimum absolute atomic E-state index is 0.0942. The molecule has 6 heteroatoms. The first-order chi connectivity index (χ1) is 11.0. The average molecular weight is 427 g/mol. The Balaban J connectivity index is 2.16. The predicted octanol–water partition coefficient (Wildman–Crippen LogP) is 3.67. The number of ketones is 1. The van der Waals surface area contributed by atoms with Gasteiger partial charge in [0, 0.05) is 5.69 Å². The molecule has 0 saturated heterocycles. The first-order valence-corrected chi connectivity index (χ1v) is 8.30. The highest BCUT2D eigenvalue weighted by Crippen LogP contribution is 2.22. The van der Waals surface area contributed by atoms with Crippen molar-refractivity contribution in [1.82, 2.24) is 4.98 Å². The third kappa shape index (κ3) is 3.93. The summed E-state index contributed by atoms with van der Waals surface area (Å²) in [7, 11) is 0. The Kier molecular flexibility index (Phi) is 5.81. The summed E-state index contributed by atoms with van der Waals surface area (Å²) in [5.74, 6) is 0.0325. The van der Waals surface area contributed by atoms with Crippen LogP contribution in [0.2, 0.25) is 0 Å². The number of Topliss-reactive ketones (excluding diaryl/α,β-unsaturated/α-hetero) is 1. The van der Waals surface area contributed by atoms with E-state index in [2.05, 4.69) is 27.6 Å². The van der Waals surface area contributed by atoms with Gasteiger partial charge in [-0.05, 0) is 61.1 Å². The number of ether oxygens (including phenoxy) is 2. The number of benzene rings is 1. The SMILES string of the molecule is CCOC(=O)c1c(C)[nH]c(C(=O)COc2ccccc2I)c1C. The second kappa shape index (κ2) is 7.63. The molecule has 0 spiro atoms. The van der Waals surface area contributed by atoms with Crippen LogP contribution in [-0.4, -0.2) is 30.0 Å². The molecule has 0 unspecified atom stereocenters. The maximum Gasteiger partial charge on any atom is 0.340 e. The minimum Gasteiger partial charge on any atom is -0.484 e. The van der Waals surface area contributed by atoms with Crippen molar-refractivity contribution in [2.45, 2.75) is 20.8 Å². The van der Waals surface area contributed by atoms with Gasteiger partial charge < -0.3 is 14.5 Å². The van der Waals surface area contributed by atoms with Gasteiger partial charge in [0.2, 0.25) is 5.78 Å². The number of aryl methyl sites for hydroxylation is 1. The highest BCUT2D eigenvalue weighted by molar-refractivity contribution is 14.1. The number of carbonyl (C=O) groups excluding carboxylic acids is 2. The molecular weight excluding hydrogens is 409 g/mol. The van der Waals surface area contributed by atoms with Crippen LogP contribution in [0.15, 0.2) is 24.3 Å². The quantitative estimate of drug-likeness (QED) is 0.434. The lowest BCUT2D eigenvalue weighted by molar-refractivity contribution is 0.0525. The number of carbonyl (C=O) groups is 2. The van der Waals surface area contributed by atoms with Crippen molar-refractivity contribution in [2.24, 2.45) is 0 Å². The third-order valence-electron chi connectivity index (χ3n) is 3.39. The Bertz CT molecular complexity index is 736. The second-order valence-electron chi connectivity index (χ2n) is 4.99. The molecule has 0 atom stereocenters. The topological polar surface area (TPSA) is 68.4 Å². The summed E-state index contributed by atoms with van der Waals surface area (Å²) in [6.45, 7) is 5.42. The summed E-state index contributed by atoms with van der Waals surface area (Å²) in [6, 6.07) is 7.47. The van der Waals surface area contributed by atoms with Crippen molar-refractivity contribution >= 4 is 34.3 Å². The average Bonchev–Trinajstić information content (AvgIpc) is 2.81. The number of aromatic amines is 1. The van der Waals surface area contributed by atoms with Gasteiger partial charge in [-0.1, -0.05) is 12.1 Å².